The predicted molar refractivity (Wildman–Crippen MR) is 44.0 cm³/mol. The van der Waals surface area contributed by atoms with Gasteiger partial charge in [-0.05, 0) is 12.1 Å². The predicted octanol–water partition coefficient (Wildman–Crippen LogP) is 3.50. The summed E-state index contributed by atoms with van der Waals surface area (Å²) in [4.78, 5) is 3.26. The van der Waals surface area contributed by atoms with Crippen LogP contribution in [0.5, 0.6) is 0 Å². The molecule has 1 aromatic heterocycles. The number of hydrogen-bond acceptors (Lipinski definition) is 2. The topological polar surface area (TPSA) is 26.0 Å². The van der Waals surface area contributed by atoms with Crippen molar-refractivity contribution in [3.63, 3.8) is 0 Å². The van der Waals surface area contributed by atoms with Crippen molar-refractivity contribution in [1.82, 2.24) is 4.98 Å². The van der Waals surface area contributed by atoms with Crippen molar-refractivity contribution in [3.8, 4) is 0 Å². The Balaban J connectivity index is 2.69. The highest BCUT2D eigenvalue weighted by Crippen LogP contribution is 2.32. The summed E-state index contributed by atoms with van der Waals surface area (Å²) in [6, 6.07) is 4.33. The standard InChI is InChI=1S/C8H3ClF3NO/c9-4-2-1-3-5-6(4)13-7(14-5)8(10,11)12/h1-3H. The second-order valence-electron chi connectivity index (χ2n) is 2.60. The number of nitrogens with zero attached hydrogens (tertiary/aromatic N) is 1. The molecule has 0 saturated carbocycles. The number of benzene rings is 1. The van der Waals surface area contributed by atoms with E-state index < -0.39 is 12.1 Å². The third-order valence-electron chi connectivity index (χ3n) is 1.61. The number of halogens is 4. The average Bonchev–Trinajstić information content (AvgIpc) is 2.48. The highest BCUT2D eigenvalue weighted by molar-refractivity contribution is 6.34. The second-order valence-corrected chi connectivity index (χ2v) is 3.01. The Hall–Kier alpha value is -1.23. The van der Waals surface area contributed by atoms with Gasteiger partial charge in [0.1, 0.15) is 5.52 Å². The minimum Gasteiger partial charge on any atom is -0.433 e. The highest BCUT2D eigenvalue weighted by Gasteiger charge is 2.37. The van der Waals surface area contributed by atoms with E-state index in [9.17, 15) is 13.2 Å². The van der Waals surface area contributed by atoms with Gasteiger partial charge in [0.2, 0.25) is 0 Å². The fourth-order valence-corrected chi connectivity index (χ4v) is 1.24. The Morgan fingerprint density at radius 1 is 1.29 bits per heavy atom. The van der Waals surface area contributed by atoms with Crippen molar-refractivity contribution in [2.75, 3.05) is 0 Å². The van der Waals surface area contributed by atoms with Crippen molar-refractivity contribution in [2.24, 2.45) is 0 Å². The van der Waals surface area contributed by atoms with Gasteiger partial charge >= 0.3 is 12.1 Å². The average molecular weight is 222 g/mol. The molecule has 0 atom stereocenters. The van der Waals surface area contributed by atoms with Gasteiger partial charge in [-0.3, -0.25) is 0 Å². The SMILES string of the molecule is FC(F)(F)c1nc2c(Cl)cccc2o1. The number of rotatable bonds is 0. The first-order valence-corrected chi connectivity index (χ1v) is 3.98. The Morgan fingerprint density at radius 3 is 2.57 bits per heavy atom. The first-order valence-electron chi connectivity index (χ1n) is 3.61. The molecule has 0 aliphatic rings. The maximum atomic E-state index is 12.2. The van der Waals surface area contributed by atoms with Gasteiger partial charge in [0.15, 0.2) is 5.58 Å². The van der Waals surface area contributed by atoms with E-state index in [1.807, 2.05) is 0 Å². The Labute approximate surface area is 81.3 Å². The number of aromatic nitrogens is 1. The number of oxazole rings is 1. The number of alkyl halides is 3. The van der Waals surface area contributed by atoms with Crippen molar-refractivity contribution in [2.45, 2.75) is 6.18 Å². The number of para-hydroxylation sites is 1. The molecule has 1 aromatic carbocycles. The van der Waals surface area contributed by atoms with Crippen LogP contribution in [0.15, 0.2) is 22.6 Å². The molecule has 0 aliphatic carbocycles. The molecule has 0 radical (unpaired) electrons. The van der Waals surface area contributed by atoms with Crippen LogP contribution in [0.2, 0.25) is 5.02 Å². The van der Waals surface area contributed by atoms with Crippen LogP contribution < -0.4 is 0 Å². The van der Waals surface area contributed by atoms with E-state index in [4.69, 9.17) is 11.6 Å². The lowest BCUT2D eigenvalue weighted by Gasteiger charge is -1.97. The molecule has 0 amide bonds. The zero-order valence-corrected chi connectivity index (χ0v) is 7.36. The van der Waals surface area contributed by atoms with E-state index in [2.05, 4.69) is 9.40 Å². The smallest absolute Gasteiger partial charge is 0.433 e. The summed E-state index contributed by atoms with van der Waals surface area (Å²) in [6.45, 7) is 0. The van der Waals surface area contributed by atoms with E-state index in [1.165, 1.54) is 18.2 Å². The first kappa shape index (κ1) is 9.33. The Morgan fingerprint density at radius 2 is 2.00 bits per heavy atom. The van der Waals surface area contributed by atoms with Crippen molar-refractivity contribution in [1.29, 1.82) is 0 Å². The molecule has 2 rings (SSSR count). The maximum Gasteiger partial charge on any atom is 0.468 e. The molecular formula is C8H3ClF3NO. The molecule has 0 bridgehead atoms. The van der Waals surface area contributed by atoms with Crippen LogP contribution in [0.3, 0.4) is 0 Å². The summed E-state index contributed by atoms with van der Waals surface area (Å²) < 4.78 is 41.0. The minimum absolute atomic E-state index is 0.0292. The highest BCUT2D eigenvalue weighted by atomic mass is 35.5. The molecule has 2 aromatic rings. The molecular weight excluding hydrogens is 219 g/mol. The quantitative estimate of drug-likeness (QED) is 0.681. The Kier molecular flexibility index (Phi) is 1.92. The zero-order chi connectivity index (χ0) is 10.3. The molecule has 0 aliphatic heterocycles. The third-order valence-corrected chi connectivity index (χ3v) is 1.92. The van der Waals surface area contributed by atoms with Crippen molar-refractivity contribution in [3.05, 3.63) is 29.1 Å². The van der Waals surface area contributed by atoms with Gasteiger partial charge in [-0.15, -0.1) is 0 Å². The van der Waals surface area contributed by atoms with Gasteiger partial charge in [0.05, 0.1) is 5.02 Å². The molecule has 1 heterocycles. The normalized spacial score (nSPS) is 12.3. The zero-order valence-electron chi connectivity index (χ0n) is 6.60. The molecule has 0 unspecified atom stereocenters. The molecule has 0 fully saturated rings. The molecule has 14 heavy (non-hydrogen) atoms. The van der Waals surface area contributed by atoms with Gasteiger partial charge in [-0.1, -0.05) is 17.7 Å². The number of hydrogen-bond donors (Lipinski definition) is 0. The minimum atomic E-state index is -4.58. The van der Waals surface area contributed by atoms with Crippen LogP contribution in [0.4, 0.5) is 13.2 Å². The summed E-state index contributed by atoms with van der Waals surface area (Å²) in [5.41, 5.74) is 0.0614. The number of fused-ring (bicyclic) bond motifs is 1. The van der Waals surface area contributed by atoms with E-state index in [0.717, 1.165) is 0 Å². The van der Waals surface area contributed by atoms with Gasteiger partial charge in [0.25, 0.3) is 0 Å². The summed E-state index contributed by atoms with van der Waals surface area (Å²) in [5.74, 6) is -1.28. The van der Waals surface area contributed by atoms with Crippen LogP contribution in [0, 0.1) is 0 Å². The van der Waals surface area contributed by atoms with Crippen molar-refractivity contribution < 1.29 is 17.6 Å². The van der Waals surface area contributed by atoms with E-state index in [0.29, 0.717) is 0 Å². The second kappa shape index (κ2) is 2.88. The summed E-state index contributed by atoms with van der Waals surface area (Å²) in [6.07, 6.45) is -4.58. The van der Waals surface area contributed by atoms with Crippen LogP contribution in [0.25, 0.3) is 11.1 Å². The third kappa shape index (κ3) is 1.43. The van der Waals surface area contributed by atoms with Gasteiger partial charge < -0.3 is 4.42 Å². The largest absolute Gasteiger partial charge is 0.468 e. The van der Waals surface area contributed by atoms with Crippen LogP contribution >= 0.6 is 11.6 Å². The van der Waals surface area contributed by atoms with E-state index in [1.54, 1.807) is 0 Å². The molecule has 2 nitrogen and oxygen atoms in total. The van der Waals surface area contributed by atoms with Crippen molar-refractivity contribution >= 4 is 22.7 Å². The monoisotopic (exact) mass is 221 g/mol. The summed E-state index contributed by atoms with van der Waals surface area (Å²) >= 11 is 5.63. The van der Waals surface area contributed by atoms with Crippen LogP contribution in [0.1, 0.15) is 5.89 Å². The van der Waals surface area contributed by atoms with Crippen LogP contribution in [-0.4, -0.2) is 4.98 Å². The van der Waals surface area contributed by atoms with E-state index in [-0.39, 0.29) is 16.1 Å². The maximum absolute atomic E-state index is 12.2. The van der Waals surface area contributed by atoms with E-state index >= 15 is 0 Å². The fraction of sp³-hybridized carbons (Fsp3) is 0.125. The molecule has 6 heteroatoms. The van der Waals surface area contributed by atoms with Crippen LogP contribution in [-0.2, 0) is 6.18 Å². The summed E-state index contributed by atoms with van der Waals surface area (Å²) in [7, 11) is 0. The lowest BCUT2D eigenvalue weighted by molar-refractivity contribution is -0.156. The van der Waals surface area contributed by atoms with Gasteiger partial charge in [-0.25, -0.2) is 4.98 Å². The molecule has 0 saturated heterocycles. The lowest BCUT2D eigenvalue weighted by atomic mass is 10.3. The fourth-order valence-electron chi connectivity index (χ4n) is 1.04. The first-order chi connectivity index (χ1) is 6.48. The summed E-state index contributed by atoms with van der Waals surface area (Å²) in [5, 5.41) is 0.141. The Bertz CT molecular complexity index is 477. The molecule has 74 valence electrons. The van der Waals surface area contributed by atoms with Gasteiger partial charge in [-0.2, -0.15) is 13.2 Å². The molecule has 0 spiro atoms. The van der Waals surface area contributed by atoms with Gasteiger partial charge in [0, 0.05) is 0 Å². The molecule has 0 N–H and O–H groups in total. The lowest BCUT2D eigenvalue weighted by Crippen LogP contribution is -2.04.